The molecule has 144 valence electrons. The molecule has 0 aliphatic heterocycles. The van der Waals surface area contributed by atoms with Crippen LogP contribution < -0.4 is 5.32 Å². The number of esters is 1. The molecule has 0 aromatic heterocycles. The van der Waals surface area contributed by atoms with E-state index in [4.69, 9.17) is 4.74 Å². The van der Waals surface area contributed by atoms with Crippen LogP contribution in [0.1, 0.15) is 50.9 Å². The van der Waals surface area contributed by atoms with Gasteiger partial charge in [0.25, 0.3) is 0 Å². The molecular formula is C25H21NO3. The van der Waals surface area contributed by atoms with E-state index < -0.39 is 0 Å². The second-order valence-electron chi connectivity index (χ2n) is 7.69. The maximum atomic E-state index is 13.2. The van der Waals surface area contributed by atoms with E-state index in [2.05, 4.69) is 53.8 Å². The molecule has 4 nitrogen and oxygen atoms in total. The number of carbonyl (C=O) groups is 2. The van der Waals surface area contributed by atoms with Gasteiger partial charge in [0.05, 0.1) is 18.6 Å². The van der Waals surface area contributed by atoms with Crippen LogP contribution in [0, 0.1) is 5.92 Å². The molecule has 0 heterocycles. The van der Waals surface area contributed by atoms with E-state index in [1.54, 1.807) is 24.3 Å². The second-order valence-corrected chi connectivity index (χ2v) is 7.69. The number of methoxy groups -OCH3 is 1. The van der Waals surface area contributed by atoms with Crippen LogP contribution in [0.2, 0.25) is 0 Å². The molecule has 0 fully saturated rings. The first-order chi connectivity index (χ1) is 14.2. The van der Waals surface area contributed by atoms with Gasteiger partial charge in [0, 0.05) is 17.5 Å². The Labute approximate surface area is 169 Å². The average Bonchev–Trinajstić information content (AvgIpc) is 2.79. The van der Waals surface area contributed by atoms with Crippen LogP contribution in [0.15, 0.2) is 72.8 Å². The first-order valence-electron chi connectivity index (χ1n) is 9.84. The van der Waals surface area contributed by atoms with E-state index in [9.17, 15) is 9.59 Å². The minimum absolute atomic E-state index is 0.0230. The lowest BCUT2D eigenvalue weighted by molar-refractivity contribution is -0.121. The summed E-state index contributed by atoms with van der Waals surface area (Å²) in [6, 6.07) is 23.8. The zero-order valence-electron chi connectivity index (χ0n) is 16.1. The highest BCUT2D eigenvalue weighted by Gasteiger charge is 2.45. The Morgan fingerprint density at radius 1 is 0.828 bits per heavy atom. The number of hydrogen-bond donors (Lipinski definition) is 1. The number of carbonyl (C=O) groups excluding carboxylic acids is 2. The van der Waals surface area contributed by atoms with Crippen molar-refractivity contribution in [1.29, 1.82) is 0 Å². The molecule has 2 bridgehead atoms. The molecule has 3 aliphatic rings. The summed E-state index contributed by atoms with van der Waals surface area (Å²) < 4.78 is 4.73. The van der Waals surface area contributed by atoms with Gasteiger partial charge in [0.1, 0.15) is 0 Å². The van der Waals surface area contributed by atoms with Crippen LogP contribution in [-0.2, 0) is 9.53 Å². The van der Waals surface area contributed by atoms with Crippen molar-refractivity contribution in [3.05, 3.63) is 101 Å². The predicted molar refractivity (Wildman–Crippen MR) is 111 cm³/mol. The minimum Gasteiger partial charge on any atom is -0.465 e. The Bertz CT molecular complexity index is 1060. The van der Waals surface area contributed by atoms with Crippen molar-refractivity contribution in [3.63, 3.8) is 0 Å². The number of fused-ring (bicyclic) bond motifs is 1. The molecule has 1 atom stereocenters. The summed E-state index contributed by atoms with van der Waals surface area (Å²) in [5.41, 5.74) is 6.38. The Kier molecular flexibility index (Phi) is 4.20. The summed E-state index contributed by atoms with van der Waals surface area (Å²) in [7, 11) is 1.35. The van der Waals surface area contributed by atoms with E-state index in [1.165, 1.54) is 29.4 Å². The molecule has 29 heavy (non-hydrogen) atoms. The number of benzene rings is 3. The van der Waals surface area contributed by atoms with Gasteiger partial charge in [-0.3, -0.25) is 4.79 Å². The van der Waals surface area contributed by atoms with Gasteiger partial charge in [-0.25, -0.2) is 4.79 Å². The number of nitrogens with one attached hydrogen (secondary N) is 1. The summed E-state index contributed by atoms with van der Waals surface area (Å²) in [4.78, 5) is 24.9. The first kappa shape index (κ1) is 17.7. The van der Waals surface area contributed by atoms with Crippen LogP contribution in [0.3, 0.4) is 0 Å². The number of ether oxygens (including phenoxy) is 1. The molecule has 0 radical (unpaired) electrons. The van der Waals surface area contributed by atoms with E-state index in [-0.39, 0.29) is 29.6 Å². The fourth-order valence-electron chi connectivity index (χ4n) is 4.94. The molecule has 3 aromatic carbocycles. The van der Waals surface area contributed by atoms with Gasteiger partial charge in [0.2, 0.25) is 5.91 Å². The highest BCUT2D eigenvalue weighted by molar-refractivity contribution is 5.95. The summed E-state index contributed by atoms with van der Waals surface area (Å²) in [5, 5.41) is 3.05. The highest BCUT2D eigenvalue weighted by Crippen LogP contribution is 2.55. The second kappa shape index (κ2) is 6.89. The molecule has 3 aromatic rings. The third kappa shape index (κ3) is 2.83. The lowest BCUT2D eigenvalue weighted by atomic mass is 9.59. The standard InChI is InChI=1S/C25H21NO3/c1-29-25(28)15-10-12-16(13-11-15)26-24(27)22-14-21-17-6-2-4-8-19(17)23(22)20-9-5-3-7-18(20)21/h2-13,21-23H,14H2,1H3,(H,26,27)/t21?,22-,23?/m0/s1. The molecule has 1 N–H and O–H groups in total. The topological polar surface area (TPSA) is 55.4 Å². The van der Waals surface area contributed by atoms with E-state index in [0.29, 0.717) is 11.3 Å². The first-order valence-corrected chi connectivity index (χ1v) is 9.84. The normalized spacial score (nSPS) is 21.1. The number of anilines is 1. The summed E-state index contributed by atoms with van der Waals surface area (Å²) in [6.45, 7) is 0. The maximum absolute atomic E-state index is 13.2. The van der Waals surface area contributed by atoms with Crippen LogP contribution in [0.25, 0.3) is 0 Å². The molecule has 4 heteroatoms. The molecule has 6 rings (SSSR count). The largest absolute Gasteiger partial charge is 0.465 e. The predicted octanol–water partition coefficient (Wildman–Crippen LogP) is 4.71. The van der Waals surface area contributed by atoms with Gasteiger partial charge >= 0.3 is 5.97 Å². The summed E-state index contributed by atoms with van der Waals surface area (Å²) >= 11 is 0. The minimum atomic E-state index is -0.388. The van der Waals surface area contributed by atoms with Crippen molar-refractivity contribution < 1.29 is 14.3 Å². The molecular weight excluding hydrogens is 362 g/mol. The van der Waals surface area contributed by atoms with Crippen LogP contribution in [-0.4, -0.2) is 19.0 Å². The zero-order chi connectivity index (χ0) is 20.0. The zero-order valence-corrected chi connectivity index (χ0v) is 16.1. The van der Waals surface area contributed by atoms with Crippen molar-refractivity contribution in [3.8, 4) is 0 Å². The van der Waals surface area contributed by atoms with Crippen LogP contribution >= 0.6 is 0 Å². The molecule has 0 spiro atoms. The van der Waals surface area contributed by atoms with Gasteiger partial charge in [-0.15, -0.1) is 0 Å². The maximum Gasteiger partial charge on any atom is 0.337 e. The van der Waals surface area contributed by atoms with Crippen molar-refractivity contribution in [1.82, 2.24) is 0 Å². The number of hydrogen-bond acceptors (Lipinski definition) is 3. The Hall–Kier alpha value is -3.40. The average molecular weight is 383 g/mol. The summed E-state index contributed by atoms with van der Waals surface area (Å²) in [5.74, 6) is -0.160. The van der Waals surface area contributed by atoms with E-state index in [1.807, 2.05) is 0 Å². The lowest BCUT2D eigenvalue weighted by Gasteiger charge is -2.44. The molecule has 0 unspecified atom stereocenters. The summed E-state index contributed by atoms with van der Waals surface area (Å²) in [6.07, 6.45) is 0.810. The van der Waals surface area contributed by atoms with Crippen LogP contribution in [0.5, 0.6) is 0 Å². The molecule has 3 aliphatic carbocycles. The van der Waals surface area contributed by atoms with Crippen molar-refractivity contribution in [2.45, 2.75) is 18.3 Å². The van der Waals surface area contributed by atoms with Gasteiger partial charge < -0.3 is 10.1 Å². The highest BCUT2D eigenvalue weighted by atomic mass is 16.5. The SMILES string of the molecule is COC(=O)c1ccc(NC(=O)[C@H]2CC3c4ccccc4C2c2ccccc23)cc1. The quantitative estimate of drug-likeness (QED) is 0.667. The fraction of sp³-hybridized carbons (Fsp3) is 0.200. The monoisotopic (exact) mass is 383 g/mol. The van der Waals surface area contributed by atoms with E-state index in [0.717, 1.165) is 6.42 Å². The molecule has 0 saturated heterocycles. The lowest BCUT2D eigenvalue weighted by Crippen LogP contribution is -2.38. The Morgan fingerprint density at radius 3 is 1.93 bits per heavy atom. The molecule has 1 amide bonds. The van der Waals surface area contributed by atoms with Crippen LogP contribution in [0.4, 0.5) is 5.69 Å². The fourth-order valence-corrected chi connectivity index (χ4v) is 4.94. The number of rotatable bonds is 3. The van der Waals surface area contributed by atoms with Crippen molar-refractivity contribution in [2.75, 3.05) is 12.4 Å². The Morgan fingerprint density at radius 2 is 1.38 bits per heavy atom. The Balaban J connectivity index is 1.45. The van der Waals surface area contributed by atoms with Gasteiger partial charge in [-0.2, -0.15) is 0 Å². The van der Waals surface area contributed by atoms with Gasteiger partial charge in [-0.05, 0) is 52.9 Å². The van der Waals surface area contributed by atoms with Gasteiger partial charge in [-0.1, -0.05) is 48.5 Å². The number of amides is 1. The van der Waals surface area contributed by atoms with Gasteiger partial charge in [0.15, 0.2) is 0 Å². The third-order valence-corrected chi connectivity index (χ3v) is 6.22. The van der Waals surface area contributed by atoms with Crippen molar-refractivity contribution in [2.24, 2.45) is 5.92 Å². The van der Waals surface area contributed by atoms with E-state index >= 15 is 0 Å². The van der Waals surface area contributed by atoms with Crippen molar-refractivity contribution >= 4 is 17.6 Å². The smallest absolute Gasteiger partial charge is 0.337 e. The molecule has 0 saturated carbocycles. The third-order valence-electron chi connectivity index (χ3n) is 6.22.